The summed E-state index contributed by atoms with van der Waals surface area (Å²) in [4.78, 5) is 21.9. The minimum absolute atomic E-state index is 0.187. The van der Waals surface area contributed by atoms with Gasteiger partial charge in [-0.1, -0.05) is 13.8 Å². The molecule has 0 aliphatic rings. The fraction of sp³-hybridized carbons (Fsp3) is 0.385. The Kier molecular flexibility index (Phi) is 4.04. The lowest BCUT2D eigenvalue weighted by Crippen LogP contribution is -2.23. The van der Waals surface area contributed by atoms with Crippen LogP contribution in [0.1, 0.15) is 36.2 Å². The van der Waals surface area contributed by atoms with Crippen molar-refractivity contribution in [2.45, 2.75) is 25.7 Å². The number of benzene rings is 1. The molecule has 6 heteroatoms. The van der Waals surface area contributed by atoms with Crippen molar-refractivity contribution in [2.24, 2.45) is 0 Å². The van der Waals surface area contributed by atoms with Gasteiger partial charge in [0, 0.05) is 17.0 Å². The van der Waals surface area contributed by atoms with Gasteiger partial charge in [-0.2, -0.15) is 0 Å². The van der Waals surface area contributed by atoms with Gasteiger partial charge in [0.1, 0.15) is 17.1 Å². The SMILES string of the molecule is COc1cc(O)c(C(=O)O)cc1C(C)(C)CC(=O)O. The van der Waals surface area contributed by atoms with Crippen LogP contribution in [0.25, 0.3) is 0 Å². The quantitative estimate of drug-likeness (QED) is 0.752. The molecule has 0 heterocycles. The van der Waals surface area contributed by atoms with Crippen LogP contribution in [0, 0.1) is 0 Å². The maximum absolute atomic E-state index is 11.0. The van der Waals surface area contributed by atoms with E-state index in [-0.39, 0.29) is 17.7 Å². The van der Waals surface area contributed by atoms with Crippen molar-refractivity contribution >= 4 is 11.9 Å². The molecule has 0 saturated heterocycles. The first-order valence-corrected chi connectivity index (χ1v) is 5.55. The fourth-order valence-corrected chi connectivity index (χ4v) is 1.91. The lowest BCUT2D eigenvalue weighted by molar-refractivity contribution is -0.138. The second kappa shape index (κ2) is 5.17. The van der Waals surface area contributed by atoms with Gasteiger partial charge < -0.3 is 20.1 Å². The number of hydrogen-bond donors (Lipinski definition) is 3. The Morgan fingerprint density at radius 3 is 2.26 bits per heavy atom. The number of aliphatic carboxylic acids is 1. The summed E-state index contributed by atoms with van der Waals surface area (Å²) in [7, 11) is 1.37. The Balaban J connectivity index is 3.43. The lowest BCUT2D eigenvalue weighted by Gasteiger charge is -2.26. The van der Waals surface area contributed by atoms with Gasteiger partial charge in [0.25, 0.3) is 0 Å². The van der Waals surface area contributed by atoms with E-state index in [4.69, 9.17) is 14.9 Å². The molecule has 1 aromatic rings. The maximum Gasteiger partial charge on any atom is 0.339 e. The predicted octanol–water partition coefficient (Wildman–Crippen LogP) is 1.85. The van der Waals surface area contributed by atoms with E-state index in [0.717, 1.165) is 0 Å². The summed E-state index contributed by atoms with van der Waals surface area (Å²) in [5.41, 5.74) is -0.684. The lowest BCUT2D eigenvalue weighted by atomic mass is 9.80. The van der Waals surface area contributed by atoms with Crippen molar-refractivity contribution in [2.75, 3.05) is 7.11 Å². The van der Waals surface area contributed by atoms with E-state index in [1.165, 1.54) is 19.2 Å². The smallest absolute Gasteiger partial charge is 0.339 e. The third kappa shape index (κ3) is 3.15. The molecule has 0 spiro atoms. The maximum atomic E-state index is 11.0. The molecule has 0 fully saturated rings. The normalized spacial score (nSPS) is 11.1. The highest BCUT2D eigenvalue weighted by atomic mass is 16.5. The molecule has 0 aromatic heterocycles. The third-order valence-electron chi connectivity index (χ3n) is 2.87. The van der Waals surface area contributed by atoms with Crippen molar-refractivity contribution in [1.29, 1.82) is 0 Å². The van der Waals surface area contributed by atoms with Crippen LogP contribution in [0.3, 0.4) is 0 Å². The number of methoxy groups -OCH3 is 1. The Bertz CT molecular complexity index is 518. The fourth-order valence-electron chi connectivity index (χ4n) is 1.91. The van der Waals surface area contributed by atoms with Crippen LogP contribution in [0.5, 0.6) is 11.5 Å². The van der Waals surface area contributed by atoms with Crippen LogP contribution in [0.2, 0.25) is 0 Å². The van der Waals surface area contributed by atoms with Gasteiger partial charge in [0.15, 0.2) is 0 Å². The molecule has 19 heavy (non-hydrogen) atoms. The van der Waals surface area contributed by atoms with E-state index in [1.807, 2.05) is 0 Å². The number of aromatic hydroxyl groups is 1. The molecule has 3 N–H and O–H groups in total. The average molecular weight is 268 g/mol. The van der Waals surface area contributed by atoms with Gasteiger partial charge in [-0.15, -0.1) is 0 Å². The first kappa shape index (κ1) is 14.8. The van der Waals surface area contributed by atoms with Gasteiger partial charge in [-0.25, -0.2) is 4.79 Å². The van der Waals surface area contributed by atoms with Gasteiger partial charge >= 0.3 is 11.9 Å². The van der Waals surface area contributed by atoms with E-state index in [9.17, 15) is 14.7 Å². The molecule has 0 aliphatic carbocycles. The number of carboxylic acids is 2. The number of carbonyl (C=O) groups is 2. The van der Waals surface area contributed by atoms with Crippen LogP contribution < -0.4 is 4.74 Å². The highest BCUT2D eigenvalue weighted by molar-refractivity contribution is 5.91. The summed E-state index contributed by atoms with van der Waals surface area (Å²) in [6, 6.07) is 2.43. The minimum Gasteiger partial charge on any atom is -0.507 e. The molecule has 1 aromatic carbocycles. The zero-order chi connectivity index (χ0) is 14.8. The van der Waals surface area contributed by atoms with Gasteiger partial charge in [0.05, 0.1) is 13.5 Å². The summed E-state index contributed by atoms with van der Waals surface area (Å²) >= 11 is 0. The highest BCUT2D eigenvalue weighted by Gasteiger charge is 2.29. The third-order valence-corrected chi connectivity index (χ3v) is 2.87. The van der Waals surface area contributed by atoms with Crippen molar-refractivity contribution in [3.05, 3.63) is 23.3 Å². The molecule has 0 aliphatic heterocycles. The minimum atomic E-state index is -1.28. The number of rotatable bonds is 5. The average Bonchev–Trinajstić information content (AvgIpc) is 2.25. The molecule has 6 nitrogen and oxygen atoms in total. The molecule has 1 rings (SSSR count). The molecule has 0 atom stereocenters. The topological polar surface area (TPSA) is 104 Å². The largest absolute Gasteiger partial charge is 0.507 e. The van der Waals surface area contributed by atoms with E-state index in [1.54, 1.807) is 13.8 Å². The number of hydrogen-bond acceptors (Lipinski definition) is 4. The number of aromatic carboxylic acids is 1. The predicted molar refractivity (Wildman–Crippen MR) is 66.9 cm³/mol. The van der Waals surface area contributed by atoms with Crippen molar-refractivity contribution in [3.8, 4) is 11.5 Å². The van der Waals surface area contributed by atoms with Crippen LogP contribution in [-0.2, 0) is 10.2 Å². The first-order chi connectivity index (χ1) is 8.69. The standard InChI is InChI=1S/C13H16O6/c1-13(2,6-11(15)16)8-4-7(12(17)18)9(14)5-10(8)19-3/h4-5,14H,6H2,1-3H3,(H,15,16)(H,17,18). The summed E-state index contributed by atoms with van der Waals surface area (Å²) in [6.45, 7) is 3.34. The van der Waals surface area contributed by atoms with Crippen LogP contribution in [-0.4, -0.2) is 34.4 Å². The number of phenols is 1. The first-order valence-electron chi connectivity index (χ1n) is 5.55. The molecule has 104 valence electrons. The van der Waals surface area contributed by atoms with Crippen molar-refractivity contribution < 1.29 is 29.6 Å². The molecule has 0 bridgehead atoms. The Labute approximate surface area is 110 Å². The molecule has 0 amide bonds. The summed E-state index contributed by atoms with van der Waals surface area (Å²) < 4.78 is 5.08. The monoisotopic (exact) mass is 268 g/mol. The van der Waals surface area contributed by atoms with Crippen molar-refractivity contribution in [3.63, 3.8) is 0 Å². The molecule has 0 saturated carbocycles. The zero-order valence-electron chi connectivity index (χ0n) is 10.9. The van der Waals surface area contributed by atoms with E-state index < -0.39 is 23.1 Å². The van der Waals surface area contributed by atoms with Gasteiger partial charge in [0.2, 0.25) is 0 Å². The van der Waals surface area contributed by atoms with Crippen molar-refractivity contribution in [1.82, 2.24) is 0 Å². The molecule has 0 unspecified atom stereocenters. The van der Waals surface area contributed by atoms with Gasteiger partial charge in [-0.05, 0) is 6.07 Å². The number of carboxylic acid groups (broad SMARTS) is 2. The second-order valence-corrected chi connectivity index (χ2v) is 4.83. The summed E-state index contributed by atoms with van der Waals surface area (Å²) in [6.07, 6.45) is -0.187. The van der Waals surface area contributed by atoms with Crippen LogP contribution >= 0.6 is 0 Å². The zero-order valence-corrected chi connectivity index (χ0v) is 10.9. The Morgan fingerprint density at radius 1 is 1.26 bits per heavy atom. The van der Waals surface area contributed by atoms with Crippen LogP contribution in [0.4, 0.5) is 0 Å². The Morgan fingerprint density at radius 2 is 1.84 bits per heavy atom. The van der Waals surface area contributed by atoms with Crippen LogP contribution in [0.15, 0.2) is 12.1 Å². The molecular formula is C13H16O6. The summed E-state index contributed by atoms with van der Waals surface area (Å²) in [5.74, 6) is -2.45. The highest BCUT2D eigenvalue weighted by Crippen LogP contribution is 2.38. The van der Waals surface area contributed by atoms with E-state index in [0.29, 0.717) is 5.56 Å². The molecular weight excluding hydrogens is 252 g/mol. The number of ether oxygens (including phenoxy) is 1. The second-order valence-electron chi connectivity index (χ2n) is 4.83. The van der Waals surface area contributed by atoms with E-state index in [2.05, 4.69) is 0 Å². The Hall–Kier alpha value is -2.24. The van der Waals surface area contributed by atoms with E-state index >= 15 is 0 Å². The molecule has 0 radical (unpaired) electrons. The van der Waals surface area contributed by atoms with Gasteiger partial charge in [-0.3, -0.25) is 4.79 Å². The summed E-state index contributed by atoms with van der Waals surface area (Å²) in [5, 5.41) is 27.5.